The average molecular weight is 381 g/mol. The summed E-state index contributed by atoms with van der Waals surface area (Å²) in [5.41, 5.74) is 0.549. The van der Waals surface area contributed by atoms with Crippen LogP contribution in [0.4, 0.5) is 0 Å². The highest BCUT2D eigenvalue weighted by Crippen LogP contribution is 2.42. The van der Waals surface area contributed by atoms with Gasteiger partial charge in [-0.25, -0.2) is 0 Å². The number of rotatable bonds is 5. The molecule has 1 aromatic carbocycles. The minimum atomic E-state index is -0.867. The number of aryl methyl sites for hydroxylation is 1. The molecule has 7 heteroatoms. The van der Waals surface area contributed by atoms with E-state index >= 15 is 0 Å². The Bertz CT molecular complexity index is 701. The smallest absolute Gasteiger partial charge is 0.309 e. The topological polar surface area (TPSA) is 70.1 Å². The third-order valence-corrected chi connectivity index (χ3v) is 6.14. The predicted octanol–water partition coefficient (Wildman–Crippen LogP) is 2.42. The second-order valence-corrected chi connectivity index (χ2v) is 7.68. The maximum Gasteiger partial charge on any atom is 0.309 e. The highest BCUT2D eigenvalue weighted by molar-refractivity contribution is 6.32. The van der Waals surface area contributed by atoms with E-state index in [1.807, 2.05) is 25.1 Å². The zero-order chi connectivity index (χ0) is 18.9. The molecule has 1 spiro atoms. The summed E-state index contributed by atoms with van der Waals surface area (Å²) < 4.78 is 5.78. The van der Waals surface area contributed by atoms with Gasteiger partial charge in [0.05, 0.1) is 16.5 Å². The van der Waals surface area contributed by atoms with Gasteiger partial charge in [0.1, 0.15) is 12.4 Å². The molecule has 0 radical (unpaired) electrons. The zero-order valence-electron chi connectivity index (χ0n) is 15.2. The number of carbonyl (C=O) groups is 2. The van der Waals surface area contributed by atoms with E-state index in [9.17, 15) is 14.7 Å². The van der Waals surface area contributed by atoms with Crippen LogP contribution in [0.5, 0.6) is 5.75 Å². The number of amides is 1. The van der Waals surface area contributed by atoms with Crippen molar-refractivity contribution in [1.82, 2.24) is 9.80 Å². The van der Waals surface area contributed by atoms with E-state index in [4.69, 9.17) is 16.3 Å². The maximum atomic E-state index is 12.0. The lowest BCUT2D eigenvalue weighted by Gasteiger charge is -2.45. The Morgan fingerprint density at radius 2 is 2.08 bits per heavy atom. The van der Waals surface area contributed by atoms with Crippen LogP contribution in [0.25, 0.3) is 0 Å². The zero-order valence-corrected chi connectivity index (χ0v) is 16.0. The van der Waals surface area contributed by atoms with Crippen molar-refractivity contribution >= 4 is 23.5 Å². The van der Waals surface area contributed by atoms with Gasteiger partial charge < -0.3 is 14.7 Å². The summed E-state index contributed by atoms with van der Waals surface area (Å²) in [5, 5.41) is 10.1. The molecule has 0 aliphatic carbocycles. The van der Waals surface area contributed by atoms with Crippen LogP contribution in [0.2, 0.25) is 5.02 Å². The summed E-state index contributed by atoms with van der Waals surface area (Å²) in [4.78, 5) is 27.6. The first-order chi connectivity index (χ1) is 12.3. The van der Waals surface area contributed by atoms with Crippen LogP contribution in [0.15, 0.2) is 18.2 Å². The van der Waals surface area contributed by atoms with E-state index in [1.165, 1.54) is 0 Å². The average Bonchev–Trinajstić information content (AvgIpc) is 2.84. The monoisotopic (exact) mass is 380 g/mol. The molecule has 2 fully saturated rings. The van der Waals surface area contributed by atoms with Gasteiger partial charge in [-0.15, -0.1) is 0 Å². The Kier molecular flexibility index (Phi) is 5.44. The van der Waals surface area contributed by atoms with Crippen molar-refractivity contribution < 1.29 is 19.4 Å². The summed E-state index contributed by atoms with van der Waals surface area (Å²) in [5.74, 6) is -0.862. The van der Waals surface area contributed by atoms with Gasteiger partial charge in [0, 0.05) is 33.1 Å². The molecule has 3 rings (SSSR count). The van der Waals surface area contributed by atoms with Crippen molar-refractivity contribution in [3.8, 4) is 5.75 Å². The highest BCUT2D eigenvalue weighted by Gasteiger charge is 2.55. The molecule has 1 N–H and O–H groups in total. The molecule has 2 heterocycles. The Balaban J connectivity index is 1.53. The number of nitrogens with zero attached hydrogens (tertiary/aromatic N) is 2. The number of hydrogen-bond donors (Lipinski definition) is 1. The molecule has 2 aliphatic heterocycles. The van der Waals surface area contributed by atoms with E-state index in [0.29, 0.717) is 30.2 Å². The first-order valence-corrected chi connectivity index (χ1v) is 9.32. The third-order valence-electron chi connectivity index (χ3n) is 5.84. The lowest BCUT2D eigenvalue weighted by atomic mass is 9.77. The summed E-state index contributed by atoms with van der Waals surface area (Å²) in [6, 6.07) is 5.71. The Labute approximate surface area is 158 Å². The number of halogens is 1. The van der Waals surface area contributed by atoms with Crippen LogP contribution in [0.3, 0.4) is 0 Å². The fraction of sp³-hybridized carbons (Fsp3) is 0.579. The number of benzene rings is 1. The fourth-order valence-electron chi connectivity index (χ4n) is 4.16. The third kappa shape index (κ3) is 3.53. The normalized spacial score (nSPS) is 22.8. The lowest BCUT2D eigenvalue weighted by Crippen LogP contribution is -2.56. The van der Waals surface area contributed by atoms with E-state index in [0.717, 1.165) is 25.2 Å². The quantitative estimate of drug-likeness (QED) is 0.849. The molecule has 2 saturated heterocycles. The molecular weight excluding hydrogens is 356 g/mol. The van der Waals surface area contributed by atoms with Crippen LogP contribution in [-0.4, -0.2) is 65.6 Å². The molecule has 26 heavy (non-hydrogen) atoms. The molecule has 1 aromatic rings. The van der Waals surface area contributed by atoms with Gasteiger partial charge in [-0.2, -0.15) is 0 Å². The summed E-state index contributed by atoms with van der Waals surface area (Å²) in [7, 11) is 1.74. The van der Waals surface area contributed by atoms with Crippen LogP contribution in [-0.2, 0) is 9.59 Å². The first-order valence-electron chi connectivity index (χ1n) is 8.94. The molecule has 1 amide bonds. The second kappa shape index (κ2) is 7.45. The van der Waals surface area contributed by atoms with E-state index in [-0.39, 0.29) is 12.3 Å². The Hall–Kier alpha value is -1.79. The van der Waals surface area contributed by atoms with Gasteiger partial charge in [0.15, 0.2) is 0 Å². The number of likely N-dealkylation sites (tertiary alicyclic amines) is 2. The number of ether oxygens (including phenoxy) is 1. The van der Waals surface area contributed by atoms with Crippen LogP contribution in [0, 0.1) is 12.8 Å². The molecular formula is C19H25ClN2O4. The van der Waals surface area contributed by atoms with Gasteiger partial charge in [-0.05, 0) is 37.5 Å². The SMILES string of the molecule is Cc1ccc(OCCN2CCC3(CC2)[C@H](C(=O)O)CC(=O)N3C)c(Cl)c1. The van der Waals surface area contributed by atoms with Crippen molar-refractivity contribution in [1.29, 1.82) is 0 Å². The van der Waals surface area contributed by atoms with E-state index < -0.39 is 17.4 Å². The number of carboxylic acid groups (broad SMARTS) is 1. The highest BCUT2D eigenvalue weighted by atomic mass is 35.5. The predicted molar refractivity (Wildman–Crippen MR) is 98.6 cm³/mol. The number of piperidine rings is 1. The molecule has 6 nitrogen and oxygen atoms in total. The largest absolute Gasteiger partial charge is 0.491 e. The molecule has 142 valence electrons. The van der Waals surface area contributed by atoms with Crippen molar-refractivity contribution in [2.75, 3.05) is 33.3 Å². The summed E-state index contributed by atoms with van der Waals surface area (Å²) in [6.45, 7) is 4.76. The molecule has 1 atom stereocenters. The maximum absolute atomic E-state index is 12.0. The van der Waals surface area contributed by atoms with E-state index in [1.54, 1.807) is 11.9 Å². The molecule has 0 saturated carbocycles. The molecule has 2 aliphatic rings. The second-order valence-electron chi connectivity index (χ2n) is 7.28. The van der Waals surface area contributed by atoms with Gasteiger partial charge in [-0.3, -0.25) is 14.5 Å². The van der Waals surface area contributed by atoms with Crippen molar-refractivity contribution in [3.05, 3.63) is 28.8 Å². The molecule has 0 unspecified atom stereocenters. The fourth-order valence-corrected chi connectivity index (χ4v) is 4.45. The summed E-state index contributed by atoms with van der Waals surface area (Å²) in [6.07, 6.45) is 1.47. The number of aliphatic carboxylic acids is 1. The number of carbonyl (C=O) groups excluding carboxylic acids is 1. The molecule has 0 bridgehead atoms. The molecule has 0 aromatic heterocycles. The van der Waals surface area contributed by atoms with Gasteiger partial charge in [0.25, 0.3) is 0 Å². The van der Waals surface area contributed by atoms with Crippen LogP contribution >= 0.6 is 11.6 Å². The Morgan fingerprint density at radius 1 is 1.38 bits per heavy atom. The Morgan fingerprint density at radius 3 is 2.69 bits per heavy atom. The van der Waals surface area contributed by atoms with Crippen LogP contribution < -0.4 is 4.74 Å². The van der Waals surface area contributed by atoms with Gasteiger partial charge >= 0.3 is 5.97 Å². The van der Waals surface area contributed by atoms with Crippen LogP contribution in [0.1, 0.15) is 24.8 Å². The summed E-state index contributed by atoms with van der Waals surface area (Å²) >= 11 is 6.18. The number of hydrogen-bond acceptors (Lipinski definition) is 4. The van der Waals surface area contributed by atoms with Gasteiger partial charge in [-0.1, -0.05) is 17.7 Å². The minimum Gasteiger partial charge on any atom is -0.491 e. The van der Waals surface area contributed by atoms with Crippen molar-refractivity contribution in [2.45, 2.75) is 31.7 Å². The standard InChI is InChI=1S/C19H25ClN2O4/c1-13-3-4-16(15(20)11-13)26-10-9-22-7-5-19(6-8-22)14(18(24)25)12-17(23)21(19)2/h3-4,11,14H,5-10,12H2,1-2H3,(H,24,25)/t14-/m0/s1. The minimum absolute atomic E-state index is 0.0665. The lowest BCUT2D eigenvalue weighted by molar-refractivity contribution is -0.146. The van der Waals surface area contributed by atoms with Crippen molar-refractivity contribution in [3.63, 3.8) is 0 Å². The number of carboxylic acids is 1. The van der Waals surface area contributed by atoms with Gasteiger partial charge in [0.2, 0.25) is 5.91 Å². The van der Waals surface area contributed by atoms with E-state index in [2.05, 4.69) is 4.90 Å². The van der Waals surface area contributed by atoms with Crippen molar-refractivity contribution in [2.24, 2.45) is 5.92 Å². The first kappa shape index (κ1) is 19.0.